The monoisotopic (exact) mass is 291 g/mol. The van der Waals surface area contributed by atoms with E-state index in [1.165, 1.54) is 6.42 Å². The van der Waals surface area contributed by atoms with Crippen molar-refractivity contribution in [1.29, 1.82) is 0 Å². The van der Waals surface area contributed by atoms with Gasteiger partial charge >= 0.3 is 5.97 Å². The van der Waals surface area contributed by atoms with Gasteiger partial charge in [0.1, 0.15) is 12.1 Å². The lowest BCUT2D eigenvalue weighted by atomic mass is 9.71. The first-order valence-corrected chi connectivity index (χ1v) is 7.88. The highest BCUT2D eigenvalue weighted by molar-refractivity contribution is 5.76. The molecule has 5 heteroatoms. The van der Waals surface area contributed by atoms with Crippen molar-refractivity contribution in [1.82, 2.24) is 15.3 Å². The zero-order valence-corrected chi connectivity index (χ0v) is 13.1. The summed E-state index contributed by atoms with van der Waals surface area (Å²) in [4.78, 5) is 19.8. The summed E-state index contributed by atoms with van der Waals surface area (Å²) in [7, 11) is 0. The van der Waals surface area contributed by atoms with Gasteiger partial charge in [0.25, 0.3) is 0 Å². The van der Waals surface area contributed by atoms with E-state index in [9.17, 15) is 4.79 Å². The fourth-order valence-electron chi connectivity index (χ4n) is 3.93. The molecule has 1 saturated carbocycles. The van der Waals surface area contributed by atoms with Gasteiger partial charge in [0, 0.05) is 13.0 Å². The third-order valence-corrected chi connectivity index (χ3v) is 4.64. The quantitative estimate of drug-likeness (QED) is 0.820. The Bertz CT molecular complexity index is 523. The minimum absolute atomic E-state index is 0.0543. The zero-order valence-electron chi connectivity index (χ0n) is 13.1. The van der Waals surface area contributed by atoms with Gasteiger partial charge in [0.05, 0.1) is 17.7 Å². The van der Waals surface area contributed by atoms with Crippen LogP contribution in [0.3, 0.4) is 0 Å². The Balaban J connectivity index is 1.59. The lowest BCUT2D eigenvalue weighted by Gasteiger charge is -2.39. The zero-order chi connectivity index (χ0) is 15.0. The van der Waals surface area contributed by atoms with Gasteiger partial charge in [-0.3, -0.25) is 10.1 Å². The molecule has 2 N–H and O–H groups in total. The van der Waals surface area contributed by atoms with Crippen LogP contribution in [0.2, 0.25) is 0 Å². The first kappa shape index (κ1) is 14.6. The maximum Gasteiger partial charge on any atom is 0.323 e. The molecule has 3 atom stereocenters. The topological polar surface area (TPSA) is 67.0 Å². The highest BCUT2D eigenvalue weighted by atomic mass is 16.5. The van der Waals surface area contributed by atoms with Gasteiger partial charge in [-0.1, -0.05) is 20.8 Å². The molecule has 1 aliphatic heterocycles. The number of carbonyl (C=O) groups is 1. The van der Waals surface area contributed by atoms with Crippen molar-refractivity contribution in [2.24, 2.45) is 11.3 Å². The van der Waals surface area contributed by atoms with E-state index in [2.05, 4.69) is 36.1 Å². The predicted molar refractivity (Wildman–Crippen MR) is 79.6 cm³/mol. The van der Waals surface area contributed by atoms with Crippen LogP contribution in [0.25, 0.3) is 0 Å². The molecular weight excluding hydrogens is 266 g/mol. The molecule has 0 spiro atoms. The van der Waals surface area contributed by atoms with Crippen LogP contribution >= 0.6 is 0 Å². The number of hydrogen-bond donors (Lipinski definition) is 2. The summed E-state index contributed by atoms with van der Waals surface area (Å²) in [5, 5.41) is 3.24. The molecule has 1 aromatic rings. The van der Waals surface area contributed by atoms with Gasteiger partial charge in [-0.05, 0) is 30.6 Å². The van der Waals surface area contributed by atoms with Crippen molar-refractivity contribution in [3.05, 3.63) is 17.7 Å². The van der Waals surface area contributed by atoms with Crippen LogP contribution in [0.1, 0.15) is 51.4 Å². The molecule has 0 saturated heterocycles. The number of nitrogens with zero attached hydrogens (tertiary/aromatic N) is 1. The van der Waals surface area contributed by atoms with Gasteiger partial charge in [-0.2, -0.15) is 0 Å². The second kappa shape index (κ2) is 5.44. The molecule has 116 valence electrons. The van der Waals surface area contributed by atoms with Gasteiger partial charge < -0.3 is 9.72 Å². The van der Waals surface area contributed by atoms with E-state index in [0.717, 1.165) is 24.2 Å². The van der Waals surface area contributed by atoms with E-state index in [4.69, 9.17) is 4.74 Å². The number of aromatic nitrogens is 2. The normalized spacial score (nSPS) is 31.5. The van der Waals surface area contributed by atoms with E-state index in [1.54, 1.807) is 6.33 Å². The fourth-order valence-corrected chi connectivity index (χ4v) is 3.93. The van der Waals surface area contributed by atoms with Gasteiger partial charge in [-0.15, -0.1) is 0 Å². The summed E-state index contributed by atoms with van der Waals surface area (Å²) in [5.41, 5.74) is 2.32. The minimum Gasteiger partial charge on any atom is -0.461 e. The van der Waals surface area contributed by atoms with E-state index in [-0.39, 0.29) is 23.5 Å². The average molecular weight is 291 g/mol. The molecule has 0 amide bonds. The largest absolute Gasteiger partial charge is 0.461 e. The first-order valence-electron chi connectivity index (χ1n) is 7.88. The van der Waals surface area contributed by atoms with Crippen molar-refractivity contribution in [3.8, 4) is 0 Å². The number of H-pyrrole nitrogens is 1. The summed E-state index contributed by atoms with van der Waals surface area (Å²) >= 11 is 0. The third-order valence-electron chi connectivity index (χ3n) is 4.64. The van der Waals surface area contributed by atoms with Crippen molar-refractivity contribution in [3.63, 3.8) is 0 Å². The van der Waals surface area contributed by atoms with Crippen molar-refractivity contribution in [2.45, 2.75) is 65.1 Å². The van der Waals surface area contributed by atoms with E-state index < -0.39 is 0 Å². The van der Waals surface area contributed by atoms with Crippen molar-refractivity contribution >= 4 is 5.97 Å². The van der Waals surface area contributed by atoms with E-state index in [1.807, 2.05) is 0 Å². The van der Waals surface area contributed by atoms with Gasteiger partial charge in [0.15, 0.2) is 0 Å². The molecule has 3 unspecified atom stereocenters. The number of hydrogen-bond acceptors (Lipinski definition) is 4. The lowest BCUT2D eigenvalue weighted by molar-refractivity contribution is -0.156. The minimum atomic E-state index is -0.263. The molecule has 3 rings (SSSR count). The number of fused-ring (bicyclic) bond motifs is 1. The Hall–Kier alpha value is -1.36. The average Bonchev–Trinajstić information content (AvgIpc) is 2.82. The number of ether oxygens (including phenoxy) is 1. The van der Waals surface area contributed by atoms with Crippen molar-refractivity contribution in [2.75, 3.05) is 0 Å². The number of carbonyl (C=O) groups excluding carboxylic acids is 1. The van der Waals surface area contributed by atoms with Crippen LogP contribution in [0.5, 0.6) is 0 Å². The molecule has 1 aromatic heterocycles. The van der Waals surface area contributed by atoms with E-state index in [0.29, 0.717) is 18.9 Å². The fraction of sp³-hybridized carbons (Fsp3) is 0.750. The maximum atomic E-state index is 12.4. The predicted octanol–water partition coefficient (Wildman–Crippen LogP) is 2.18. The van der Waals surface area contributed by atoms with Crippen LogP contribution in [0, 0.1) is 11.3 Å². The first-order chi connectivity index (χ1) is 9.93. The molecule has 1 fully saturated rings. The standard InChI is InChI=1S/C16H25N3O2/c1-10-4-11(7-16(2,3)6-10)21-15(20)13-5-12-14(8-17-13)19-9-18-12/h9-11,13,17H,4-8H2,1-3H3,(H,18,19). The Morgan fingerprint density at radius 2 is 2.24 bits per heavy atom. The van der Waals surface area contributed by atoms with Crippen LogP contribution in [0.15, 0.2) is 6.33 Å². The number of aromatic amines is 1. The number of nitrogens with one attached hydrogen (secondary N) is 2. The number of imidazole rings is 1. The summed E-state index contributed by atoms with van der Waals surface area (Å²) < 4.78 is 5.79. The summed E-state index contributed by atoms with van der Waals surface area (Å²) in [6.45, 7) is 7.43. The Labute approximate surface area is 125 Å². The molecular formula is C16H25N3O2. The molecule has 0 radical (unpaired) electrons. The molecule has 0 aromatic carbocycles. The molecule has 2 heterocycles. The van der Waals surface area contributed by atoms with Crippen LogP contribution in [-0.4, -0.2) is 28.1 Å². The summed E-state index contributed by atoms with van der Waals surface area (Å²) in [6, 6.07) is -0.263. The SMILES string of the molecule is CC1CC(OC(=O)C2Cc3nc[nH]c3CN2)CC(C)(C)C1. The Morgan fingerprint density at radius 1 is 1.43 bits per heavy atom. The highest BCUT2D eigenvalue weighted by Gasteiger charge is 2.36. The summed E-state index contributed by atoms with van der Waals surface area (Å²) in [6.07, 6.45) is 5.51. The van der Waals surface area contributed by atoms with E-state index >= 15 is 0 Å². The highest BCUT2D eigenvalue weighted by Crippen LogP contribution is 2.39. The molecule has 5 nitrogen and oxygen atoms in total. The Morgan fingerprint density at radius 3 is 3.00 bits per heavy atom. The smallest absolute Gasteiger partial charge is 0.323 e. The molecule has 1 aliphatic carbocycles. The Kier molecular flexibility index (Phi) is 3.78. The molecule has 2 aliphatic rings. The van der Waals surface area contributed by atoms with Crippen LogP contribution < -0.4 is 5.32 Å². The molecule has 0 bridgehead atoms. The second-order valence-corrected chi connectivity index (χ2v) is 7.44. The van der Waals surface area contributed by atoms with Crippen LogP contribution in [-0.2, 0) is 22.5 Å². The number of esters is 1. The lowest BCUT2D eigenvalue weighted by Crippen LogP contribution is -2.45. The molecule has 21 heavy (non-hydrogen) atoms. The van der Waals surface area contributed by atoms with Gasteiger partial charge in [0.2, 0.25) is 0 Å². The van der Waals surface area contributed by atoms with Crippen LogP contribution in [0.4, 0.5) is 0 Å². The third kappa shape index (κ3) is 3.28. The maximum absolute atomic E-state index is 12.4. The number of rotatable bonds is 2. The second-order valence-electron chi connectivity index (χ2n) is 7.44. The summed E-state index contributed by atoms with van der Waals surface area (Å²) in [5.74, 6) is 0.488. The van der Waals surface area contributed by atoms with Gasteiger partial charge in [-0.25, -0.2) is 4.98 Å². The van der Waals surface area contributed by atoms with Crippen molar-refractivity contribution < 1.29 is 9.53 Å².